The summed E-state index contributed by atoms with van der Waals surface area (Å²) >= 11 is 1.49. The Kier molecular flexibility index (Phi) is 4.55. The van der Waals surface area contributed by atoms with Crippen molar-refractivity contribution >= 4 is 33.8 Å². The molecule has 0 fully saturated rings. The average Bonchev–Trinajstić information content (AvgIpc) is 2.99. The van der Waals surface area contributed by atoms with Gasteiger partial charge >= 0.3 is 0 Å². The predicted octanol–water partition coefficient (Wildman–Crippen LogP) is 2.56. The number of para-hydroxylation sites is 2. The van der Waals surface area contributed by atoms with E-state index in [4.69, 9.17) is 10.5 Å². The molecule has 0 radical (unpaired) electrons. The van der Waals surface area contributed by atoms with Crippen LogP contribution in [0.2, 0.25) is 0 Å². The second kappa shape index (κ2) is 6.99. The van der Waals surface area contributed by atoms with E-state index in [0.717, 1.165) is 42.7 Å². The fourth-order valence-electron chi connectivity index (χ4n) is 3.65. The highest BCUT2D eigenvalue weighted by atomic mass is 32.1. The zero-order valence-corrected chi connectivity index (χ0v) is 15.2. The van der Waals surface area contributed by atoms with Crippen LogP contribution >= 0.6 is 11.3 Å². The van der Waals surface area contributed by atoms with Crippen LogP contribution in [0.1, 0.15) is 33.6 Å². The van der Waals surface area contributed by atoms with E-state index >= 15 is 0 Å². The Hall–Kier alpha value is -2.54. The first kappa shape index (κ1) is 16.9. The summed E-state index contributed by atoms with van der Waals surface area (Å²) in [5, 5.41) is 3.52. The van der Waals surface area contributed by atoms with Gasteiger partial charge in [-0.1, -0.05) is 12.1 Å². The van der Waals surface area contributed by atoms with Crippen molar-refractivity contribution in [1.29, 1.82) is 0 Å². The first-order chi connectivity index (χ1) is 12.6. The number of amides is 2. The van der Waals surface area contributed by atoms with Crippen LogP contribution in [0.4, 0.5) is 10.7 Å². The van der Waals surface area contributed by atoms with Crippen LogP contribution in [0.25, 0.3) is 0 Å². The molecule has 0 saturated carbocycles. The van der Waals surface area contributed by atoms with Gasteiger partial charge in [-0.05, 0) is 43.4 Å². The van der Waals surface area contributed by atoms with Gasteiger partial charge in [-0.3, -0.25) is 9.59 Å². The van der Waals surface area contributed by atoms with Crippen LogP contribution in [-0.4, -0.2) is 31.5 Å². The Morgan fingerprint density at radius 3 is 2.88 bits per heavy atom. The number of primary amides is 1. The van der Waals surface area contributed by atoms with Crippen molar-refractivity contribution in [2.24, 2.45) is 5.73 Å². The van der Waals surface area contributed by atoms with Gasteiger partial charge in [0.1, 0.15) is 17.4 Å². The summed E-state index contributed by atoms with van der Waals surface area (Å²) in [5.41, 5.74) is 8.04. The topological polar surface area (TPSA) is 84.7 Å². The average molecular weight is 371 g/mol. The molecule has 3 N–H and O–H groups in total. The highest BCUT2D eigenvalue weighted by molar-refractivity contribution is 7.17. The van der Waals surface area contributed by atoms with E-state index in [9.17, 15) is 9.59 Å². The number of benzene rings is 1. The summed E-state index contributed by atoms with van der Waals surface area (Å²) in [6.45, 7) is 1.40. The molecule has 0 spiro atoms. The standard InChI is InChI=1S/C19H21N3O3S/c20-18(24)17-12-5-1-4-8-15(12)26-19(17)21-16(23)11-22-9-10-25-14-7-3-2-6-13(14)22/h2-3,6-7H,1,4-5,8-11H2,(H2,20,24)(H,21,23). The minimum Gasteiger partial charge on any atom is -0.490 e. The molecule has 1 aromatic carbocycles. The lowest BCUT2D eigenvalue weighted by Crippen LogP contribution is -2.38. The first-order valence-corrected chi connectivity index (χ1v) is 9.66. The zero-order valence-electron chi connectivity index (χ0n) is 14.4. The number of carbonyl (C=O) groups excluding carboxylic acids is 2. The molecule has 7 heteroatoms. The number of nitrogens with zero attached hydrogens (tertiary/aromatic N) is 1. The van der Waals surface area contributed by atoms with E-state index < -0.39 is 5.91 Å². The molecular formula is C19H21N3O3S. The van der Waals surface area contributed by atoms with Crippen molar-refractivity contribution in [3.8, 4) is 5.75 Å². The third-order valence-corrected chi connectivity index (χ3v) is 6.04. The monoisotopic (exact) mass is 371 g/mol. The third-order valence-electron chi connectivity index (χ3n) is 4.83. The molecule has 6 nitrogen and oxygen atoms in total. The van der Waals surface area contributed by atoms with E-state index in [2.05, 4.69) is 5.32 Å². The van der Waals surface area contributed by atoms with E-state index in [1.807, 2.05) is 29.2 Å². The number of anilines is 2. The number of nitrogens with one attached hydrogen (secondary N) is 1. The third kappa shape index (κ3) is 3.14. The molecule has 0 unspecified atom stereocenters. The molecule has 2 amide bonds. The highest BCUT2D eigenvalue weighted by Crippen LogP contribution is 2.38. The van der Waals surface area contributed by atoms with Crippen molar-refractivity contribution in [2.75, 3.05) is 29.9 Å². The lowest BCUT2D eigenvalue weighted by molar-refractivity contribution is -0.115. The minimum absolute atomic E-state index is 0.150. The number of aryl methyl sites for hydroxylation is 1. The molecule has 2 aromatic rings. The minimum atomic E-state index is -0.462. The van der Waals surface area contributed by atoms with Crippen molar-refractivity contribution in [3.63, 3.8) is 0 Å². The number of nitrogens with two attached hydrogens (primary N) is 1. The number of rotatable bonds is 4. The Morgan fingerprint density at radius 2 is 2.04 bits per heavy atom. The summed E-state index contributed by atoms with van der Waals surface area (Å²) in [4.78, 5) is 27.7. The molecule has 2 aliphatic rings. The molecule has 0 atom stereocenters. The number of hydrogen-bond donors (Lipinski definition) is 2. The maximum Gasteiger partial charge on any atom is 0.251 e. The van der Waals surface area contributed by atoms with Gasteiger partial charge in [-0.15, -0.1) is 11.3 Å². The molecule has 1 aliphatic carbocycles. The van der Waals surface area contributed by atoms with Crippen LogP contribution in [0, 0.1) is 0 Å². The number of thiophene rings is 1. The fraction of sp³-hybridized carbons (Fsp3) is 0.368. The number of carbonyl (C=O) groups is 2. The van der Waals surface area contributed by atoms with Crippen molar-refractivity contribution < 1.29 is 14.3 Å². The van der Waals surface area contributed by atoms with Crippen LogP contribution in [0.5, 0.6) is 5.75 Å². The number of ether oxygens (including phenoxy) is 1. The summed E-state index contributed by atoms with van der Waals surface area (Å²) in [6.07, 6.45) is 3.98. The van der Waals surface area contributed by atoms with Gasteiger partial charge < -0.3 is 20.7 Å². The Morgan fingerprint density at radius 1 is 1.23 bits per heavy atom. The molecule has 0 bridgehead atoms. The molecule has 1 aromatic heterocycles. The van der Waals surface area contributed by atoms with Crippen molar-refractivity contribution in [1.82, 2.24) is 0 Å². The highest BCUT2D eigenvalue weighted by Gasteiger charge is 2.26. The van der Waals surface area contributed by atoms with Crippen molar-refractivity contribution in [2.45, 2.75) is 25.7 Å². The van der Waals surface area contributed by atoms with Gasteiger partial charge in [-0.25, -0.2) is 0 Å². The van der Waals surface area contributed by atoms with Crippen LogP contribution in [0.15, 0.2) is 24.3 Å². The van der Waals surface area contributed by atoms with E-state index in [-0.39, 0.29) is 12.5 Å². The molecular weight excluding hydrogens is 350 g/mol. The smallest absolute Gasteiger partial charge is 0.251 e. The maximum absolute atomic E-state index is 12.6. The lowest BCUT2D eigenvalue weighted by atomic mass is 9.95. The van der Waals surface area contributed by atoms with Crippen LogP contribution in [-0.2, 0) is 17.6 Å². The van der Waals surface area contributed by atoms with Crippen molar-refractivity contribution in [3.05, 3.63) is 40.3 Å². The Balaban J connectivity index is 1.53. The number of fused-ring (bicyclic) bond motifs is 2. The van der Waals surface area contributed by atoms with E-state index in [1.165, 1.54) is 16.2 Å². The Labute approximate surface area is 155 Å². The second-order valence-electron chi connectivity index (χ2n) is 6.57. The lowest BCUT2D eigenvalue weighted by Gasteiger charge is -2.30. The van der Waals surface area contributed by atoms with Gasteiger partial charge in [0, 0.05) is 4.88 Å². The van der Waals surface area contributed by atoms with Gasteiger partial charge in [0.25, 0.3) is 5.91 Å². The largest absolute Gasteiger partial charge is 0.490 e. The van der Waals surface area contributed by atoms with Crippen LogP contribution < -0.4 is 20.7 Å². The normalized spacial score (nSPS) is 15.6. The van der Waals surface area contributed by atoms with Gasteiger partial charge in [-0.2, -0.15) is 0 Å². The molecule has 0 saturated heterocycles. The zero-order chi connectivity index (χ0) is 18.1. The molecule has 1 aliphatic heterocycles. The number of hydrogen-bond acceptors (Lipinski definition) is 5. The van der Waals surface area contributed by atoms with Gasteiger partial charge in [0.15, 0.2) is 0 Å². The molecule has 4 rings (SSSR count). The SMILES string of the molecule is NC(=O)c1c(NC(=O)CN2CCOc3ccccc32)sc2c1CCCC2. The van der Waals surface area contributed by atoms with E-state index in [1.54, 1.807) is 0 Å². The van der Waals surface area contributed by atoms with Crippen LogP contribution in [0.3, 0.4) is 0 Å². The maximum atomic E-state index is 12.6. The predicted molar refractivity (Wildman–Crippen MR) is 102 cm³/mol. The van der Waals surface area contributed by atoms with E-state index in [0.29, 0.717) is 23.7 Å². The molecule has 26 heavy (non-hydrogen) atoms. The molecule has 2 heterocycles. The Bertz CT molecular complexity index is 862. The van der Waals surface area contributed by atoms with Gasteiger partial charge in [0.2, 0.25) is 5.91 Å². The molecule has 136 valence electrons. The summed E-state index contributed by atoms with van der Waals surface area (Å²) in [7, 11) is 0. The fourth-order valence-corrected chi connectivity index (χ4v) is 4.96. The first-order valence-electron chi connectivity index (χ1n) is 8.84. The quantitative estimate of drug-likeness (QED) is 0.865. The summed E-state index contributed by atoms with van der Waals surface area (Å²) in [5.74, 6) is 0.176. The summed E-state index contributed by atoms with van der Waals surface area (Å²) in [6, 6.07) is 7.69. The second-order valence-corrected chi connectivity index (χ2v) is 7.67. The summed E-state index contributed by atoms with van der Waals surface area (Å²) < 4.78 is 5.63. The van der Waals surface area contributed by atoms with Gasteiger partial charge in [0.05, 0.1) is 24.3 Å².